The van der Waals surface area contributed by atoms with Crippen molar-refractivity contribution in [3.05, 3.63) is 28.2 Å². The Hall–Kier alpha value is -0.540. The van der Waals surface area contributed by atoms with Crippen molar-refractivity contribution in [2.75, 3.05) is 6.61 Å². The summed E-state index contributed by atoms with van der Waals surface area (Å²) in [4.78, 5) is 0. The number of ether oxygens (including phenoxy) is 2. The van der Waals surface area contributed by atoms with Crippen molar-refractivity contribution in [3.8, 4) is 5.75 Å². The second-order valence-electron chi connectivity index (χ2n) is 5.08. The number of hydrogen-bond donors (Lipinski definition) is 0. The Labute approximate surface area is 124 Å². The van der Waals surface area contributed by atoms with Gasteiger partial charge in [0.05, 0.1) is 23.3 Å². The molecular formula is C16H23BrO2. The third-order valence-electron chi connectivity index (χ3n) is 3.83. The molecule has 3 atom stereocenters. The van der Waals surface area contributed by atoms with Gasteiger partial charge in [0.1, 0.15) is 5.75 Å². The summed E-state index contributed by atoms with van der Waals surface area (Å²) < 4.78 is 12.3. The summed E-state index contributed by atoms with van der Waals surface area (Å²) in [6, 6.07) is 6.45. The van der Waals surface area contributed by atoms with Gasteiger partial charge < -0.3 is 9.47 Å². The van der Waals surface area contributed by atoms with Gasteiger partial charge in [-0.05, 0) is 65.7 Å². The zero-order valence-electron chi connectivity index (χ0n) is 12.0. The minimum atomic E-state index is 0.472. The van der Waals surface area contributed by atoms with Crippen molar-refractivity contribution in [1.82, 2.24) is 0 Å². The molecule has 106 valence electrons. The molecule has 1 aromatic rings. The average Bonchev–Trinajstić information content (AvgIpc) is 3.17. The molecule has 0 saturated carbocycles. The van der Waals surface area contributed by atoms with Crippen LogP contribution in [0.5, 0.6) is 5.75 Å². The molecule has 3 heteroatoms. The van der Waals surface area contributed by atoms with Crippen LogP contribution in [-0.4, -0.2) is 18.8 Å². The summed E-state index contributed by atoms with van der Waals surface area (Å²) in [7, 11) is 0. The molecular weight excluding hydrogens is 304 g/mol. The van der Waals surface area contributed by atoms with Crippen LogP contribution in [0.2, 0.25) is 0 Å². The number of hydrogen-bond acceptors (Lipinski definition) is 2. The maximum atomic E-state index is 5.68. The molecule has 0 spiro atoms. The van der Waals surface area contributed by atoms with Crippen molar-refractivity contribution in [1.29, 1.82) is 0 Å². The first-order valence-electron chi connectivity index (χ1n) is 7.27. The molecule has 19 heavy (non-hydrogen) atoms. The highest BCUT2D eigenvalue weighted by Gasteiger charge is 2.38. The molecule has 1 saturated heterocycles. The standard InChI is InChI=1S/C16H23BrO2/c1-4-11(10-16-14(5-2)19-16)12-7-8-15(18-6-3)13(17)9-12/h7-9,11,14,16H,4-6,10H2,1-3H3. The van der Waals surface area contributed by atoms with Crippen LogP contribution in [0.1, 0.15) is 51.5 Å². The van der Waals surface area contributed by atoms with E-state index in [1.54, 1.807) is 0 Å². The zero-order valence-corrected chi connectivity index (χ0v) is 13.6. The van der Waals surface area contributed by atoms with Gasteiger partial charge in [-0.15, -0.1) is 0 Å². The highest BCUT2D eigenvalue weighted by Crippen LogP contribution is 2.38. The fourth-order valence-electron chi connectivity index (χ4n) is 2.61. The van der Waals surface area contributed by atoms with E-state index in [4.69, 9.17) is 9.47 Å². The molecule has 1 heterocycles. The molecule has 2 nitrogen and oxygen atoms in total. The summed E-state index contributed by atoms with van der Waals surface area (Å²) in [6.45, 7) is 7.14. The van der Waals surface area contributed by atoms with Gasteiger partial charge in [0.25, 0.3) is 0 Å². The Morgan fingerprint density at radius 1 is 1.26 bits per heavy atom. The number of rotatable bonds is 7. The van der Waals surface area contributed by atoms with Crippen molar-refractivity contribution in [3.63, 3.8) is 0 Å². The van der Waals surface area contributed by atoms with Gasteiger partial charge in [0, 0.05) is 0 Å². The molecule has 2 rings (SSSR count). The van der Waals surface area contributed by atoms with Crippen LogP contribution in [0.15, 0.2) is 22.7 Å². The van der Waals surface area contributed by atoms with Crippen molar-refractivity contribution in [2.24, 2.45) is 0 Å². The lowest BCUT2D eigenvalue weighted by Crippen LogP contribution is -2.04. The first kappa shape index (κ1) is 14.9. The Morgan fingerprint density at radius 3 is 2.58 bits per heavy atom. The van der Waals surface area contributed by atoms with E-state index in [9.17, 15) is 0 Å². The SMILES string of the molecule is CCOc1ccc(C(CC)CC2OC2CC)cc1Br. The third kappa shape index (κ3) is 3.73. The Morgan fingerprint density at radius 2 is 2.05 bits per heavy atom. The zero-order chi connectivity index (χ0) is 13.8. The fourth-order valence-corrected chi connectivity index (χ4v) is 3.12. The van der Waals surface area contributed by atoms with E-state index in [2.05, 4.69) is 48.0 Å². The minimum absolute atomic E-state index is 0.472. The molecule has 1 aliphatic heterocycles. The van der Waals surface area contributed by atoms with Gasteiger partial charge >= 0.3 is 0 Å². The Kier molecular flexibility index (Phi) is 5.28. The summed E-state index contributed by atoms with van der Waals surface area (Å²) >= 11 is 3.60. The van der Waals surface area contributed by atoms with Gasteiger partial charge in [-0.25, -0.2) is 0 Å². The quantitative estimate of drug-likeness (QED) is 0.664. The molecule has 0 aliphatic carbocycles. The Bertz CT molecular complexity index is 419. The molecule has 1 fully saturated rings. The monoisotopic (exact) mass is 326 g/mol. The third-order valence-corrected chi connectivity index (χ3v) is 4.45. The second kappa shape index (κ2) is 6.76. The smallest absolute Gasteiger partial charge is 0.133 e. The van der Waals surface area contributed by atoms with Crippen molar-refractivity contribution < 1.29 is 9.47 Å². The van der Waals surface area contributed by atoms with E-state index in [-0.39, 0.29) is 0 Å². The van der Waals surface area contributed by atoms with Gasteiger partial charge in [-0.3, -0.25) is 0 Å². The summed E-state index contributed by atoms with van der Waals surface area (Å²) in [5, 5.41) is 0. The van der Waals surface area contributed by atoms with E-state index >= 15 is 0 Å². The number of epoxide rings is 1. The molecule has 1 aliphatic rings. The van der Waals surface area contributed by atoms with Gasteiger partial charge in [-0.2, -0.15) is 0 Å². The summed E-state index contributed by atoms with van der Waals surface area (Å²) in [5.41, 5.74) is 1.38. The predicted octanol–water partition coefficient (Wildman–Crippen LogP) is 4.91. The molecule has 0 radical (unpaired) electrons. The number of halogens is 1. The first-order valence-corrected chi connectivity index (χ1v) is 8.06. The van der Waals surface area contributed by atoms with Crippen LogP contribution in [0, 0.1) is 0 Å². The van der Waals surface area contributed by atoms with E-state index in [1.165, 1.54) is 5.56 Å². The van der Waals surface area contributed by atoms with Crippen LogP contribution in [0.3, 0.4) is 0 Å². The van der Waals surface area contributed by atoms with Crippen LogP contribution < -0.4 is 4.74 Å². The Balaban J connectivity index is 2.04. The highest BCUT2D eigenvalue weighted by molar-refractivity contribution is 9.10. The normalized spacial score (nSPS) is 23.2. The van der Waals surface area contributed by atoms with Crippen molar-refractivity contribution >= 4 is 15.9 Å². The van der Waals surface area contributed by atoms with Gasteiger partial charge in [0.2, 0.25) is 0 Å². The topological polar surface area (TPSA) is 21.8 Å². The van der Waals surface area contributed by atoms with Gasteiger partial charge in [0.15, 0.2) is 0 Å². The van der Waals surface area contributed by atoms with Crippen LogP contribution in [-0.2, 0) is 4.74 Å². The molecule has 1 aromatic carbocycles. The molecule has 0 bridgehead atoms. The number of benzene rings is 1. The summed E-state index contributed by atoms with van der Waals surface area (Å²) in [5.74, 6) is 1.50. The molecule has 3 unspecified atom stereocenters. The lowest BCUT2D eigenvalue weighted by Gasteiger charge is -2.16. The fraction of sp³-hybridized carbons (Fsp3) is 0.625. The van der Waals surface area contributed by atoms with E-state index < -0.39 is 0 Å². The van der Waals surface area contributed by atoms with E-state index in [0.717, 1.165) is 29.5 Å². The maximum Gasteiger partial charge on any atom is 0.133 e. The van der Waals surface area contributed by atoms with Crippen LogP contribution in [0.25, 0.3) is 0 Å². The van der Waals surface area contributed by atoms with Gasteiger partial charge in [-0.1, -0.05) is 19.9 Å². The first-order chi connectivity index (χ1) is 9.19. The second-order valence-corrected chi connectivity index (χ2v) is 5.94. The highest BCUT2D eigenvalue weighted by atomic mass is 79.9. The largest absolute Gasteiger partial charge is 0.493 e. The van der Waals surface area contributed by atoms with E-state index in [0.29, 0.717) is 24.7 Å². The van der Waals surface area contributed by atoms with Crippen LogP contribution in [0.4, 0.5) is 0 Å². The minimum Gasteiger partial charge on any atom is -0.493 e. The van der Waals surface area contributed by atoms with Crippen LogP contribution >= 0.6 is 15.9 Å². The average molecular weight is 327 g/mol. The van der Waals surface area contributed by atoms with Crippen molar-refractivity contribution in [2.45, 2.75) is 58.2 Å². The summed E-state index contributed by atoms with van der Waals surface area (Å²) in [6.07, 6.45) is 4.39. The molecule has 0 amide bonds. The maximum absolute atomic E-state index is 5.68. The van der Waals surface area contributed by atoms with E-state index in [1.807, 2.05) is 6.92 Å². The lowest BCUT2D eigenvalue weighted by molar-refractivity contribution is 0.337. The predicted molar refractivity (Wildman–Crippen MR) is 81.9 cm³/mol. The lowest BCUT2D eigenvalue weighted by atomic mass is 9.91. The molecule has 0 N–H and O–H groups in total. The molecule has 0 aromatic heterocycles.